The molecule has 0 fully saturated rings. The number of benzene rings is 4. The van der Waals surface area contributed by atoms with Crippen molar-refractivity contribution < 1.29 is 9.59 Å². The summed E-state index contributed by atoms with van der Waals surface area (Å²) < 4.78 is 0. The number of carbonyl (C=O) groups excluding carboxylic acids is 2. The first-order chi connectivity index (χ1) is 28.6. The lowest BCUT2D eigenvalue weighted by Crippen LogP contribution is -2.28. The molecule has 0 atom stereocenters. The first kappa shape index (κ1) is 43.2. The van der Waals surface area contributed by atoms with E-state index in [0.717, 1.165) is 76.1 Å². The van der Waals surface area contributed by atoms with Gasteiger partial charge in [0.1, 0.15) is 11.4 Å². The highest BCUT2D eigenvalue weighted by Gasteiger charge is 2.36. The molecule has 6 nitrogen and oxygen atoms in total. The number of Topliss-reactive ketones (excluding diaryl/α,β-unsaturated/α-hetero) is 2. The van der Waals surface area contributed by atoms with Crippen molar-refractivity contribution in [2.75, 3.05) is 0 Å². The number of hydrogen-bond donors (Lipinski definition) is 0. The number of azo groups is 2. The fourth-order valence-electron chi connectivity index (χ4n) is 7.54. The zero-order chi connectivity index (χ0) is 44.1. The second-order valence-corrected chi connectivity index (χ2v) is 21.2. The summed E-state index contributed by atoms with van der Waals surface area (Å²) in [6.45, 7) is 24.9. The first-order valence-corrected chi connectivity index (χ1v) is 21.8. The maximum atomic E-state index is 14.1. The topological polar surface area (TPSA) is 83.6 Å². The van der Waals surface area contributed by atoms with Crippen LogP contribution < -0.4 is 0 Å². The standard InChI is InChI=1S/C54H56N4O2S/c1-51(2,3)41-29-37(30-42(49(41)59)52(4,5)6)47(57-55-39-23-21-33-17-13-15-19-35(33)27-39)45-25-26-46(61-45)48(58-56-40-24-22-34-18-14-16-20-36(34)28-40)38-31-43(53(7,8)9)50(60)44(32-38)54(10,11)12/h13-32H,1-12H3. The van der Waals surface area contributed by atoms with Gasteiger partial charge in [0, 0.05) is 33.4 Å². The van der Waals surface area contributed by atoms with Crippen LogP contribution >= 0.6 is 11.3 Å². The van der Waals surface area contributed by atoms with Crippen LogP contribution in [0.4, 0.5) is 11.4 Å². The van der Waals surface area contributed by atoms with E-state index in [2.05, 4.69) is 132 Å². The highest BCUT2D eigenvalue weighted by molar-refractivity contribution is 7.14. The van der Waals surface area contributed by atoms with E-state index in [4.69, 9.17) is 20.5 Å². The lowest BCUT2D eigenvalue weighted by atomic mass is 9.71. The number of allylic oxidation sites excluding steroid dienone is 10. The van der Waals surface area contributed by atoms with E-state index < -0.39 is 21.7 Å². The zero-order valence-electron chi connectivity index (χ0n) is 37.6. The average molecular weight is 825 g/mol. The van der Waals surface area contributed by atoms with Crippen LogP contribution in [0.15, 0.2) is 175 Å². The molecule has 2 aliphatic rings. The normalized spacial score (nSPS) is 15.8. The molecule has 7 rings (SSSR count). The van der Waals surface area contributed by atoms with Gasteiger partial charge in [0.25, 0.3) is 0 Å². The lowest BCUT2D eigenvalue weighted by Gasteiger charge is -2.31. The zero-order valence-corrected chi connectivity index (χ0v) is 38.4. The third-order valence-corrected chi connectivity index (χ3v) is 12.1. The van der Waals surface area contributed by atoms with Gasteiger partial charge in [-0.25, -0.2) is 0 Å². The number of thiophene rings is 1. The molecule has 310 valence electrons. The maximum absolute atomic E-state index is 14.1. The molecule has 0 amide bonds. The van der Waals surface area contributed by atoms with Gasteiger partial charge in [-0.3, -0.25) is 9.59 Å². The van der Waals surface area contributed by atoms with Gasteiger partial charge in [-0.05, 0) is 104 Å². The maximum Gasteiger partial charge on any atom is 0.186 e. The summed E-state index contributed by atoms with van der Waals surface area (Å²) in [5.74, 6) is 0.106. The lowest BCUT2D eigenvalue weighted by molar-refractivity contribution is -0.114. The van der Waals surface area contributed by atoms with E-state index in [-0.39, 0.29) is 11.6 Å². The second-order valence-electron chi connectivity index (χ2n) is 20.1. The van der Waals surface area contributed by atoms with Crippen molar-refractivity contribution >= 4 is 67.2 Å². The van der Waals surface area contributed by atoms with Gasteiger partial charge in [-0.15, -0.1) is 21.6 Å². The number of rotatable bonds is 6. The summed E-state index contributed by atoms with van der Waals surface area (Å²) in [4.78, 5) is 29.9. The largest absolute Gasteiger partial charge is 0.289 e. The summed E-state index contributed by atoms with van der Waals surface area (Å²) in [6.07, 6.45) is 7.98. The molecule has 0 unspecified atom stereocenters. The molecule has 5 aromatic rings. The predicted octanol–water partition coefficient (Wildman–Crippen LogP) is 16.1. The summed E-state index contributed by atoms with van der Waals surface area (Å²) in [5, 5.41) is 24.2. The van der Waals surface area contributed by atoms with Gasteiger partial charge < -0.3 is 0 Å². The molecular formula is C54H56N4O2S. The average Bonchev–Trinajstić information content (AvgIpc) is 3.66. The minimum Gasteiger partial charge on any atom is -0.289 e. The van der Waals surface area contributed by atoms with Gasteiger partial charge in [0.2, 0.25) is 0 Å². The molecule has 0 N–H and O–H groups in total. The number of hydrogen-bond acceptors (Lipinski definition) is 7. The Bertz CT molecular complexity index is 2590. The molecule has 4 aromatic carbocycles. The van der Waals surface area contributed by atoms with Crippen molar-refractivity contribution in [3.63, 3.8) is 0 Å². The van der Waals surface area contributed by atoms with Crippen LogP contribution in [0.1, 0.15) is 92.8 Å². The van der Waals surface area contributed by atoms with Crippen LogP contribution in [0.25, 0.3) is 32.9 Å². The van der Waals surface area contributed by atoms with Crippen molar-refractivity contribution in [1.29, 1.82) is 0 Å². The van der Waals surface area contributed by atoms with E-state index in [9.17, 15) is 9.59 Å². The van der Waals surface area contributed by atoms with Crippen LogP contribution in [0.5, 0.6) is 0 Å². The van der Waals surface area contributed by atoms with Gasteiger partial charge in [-0.2, -0.15) is 10.2 Å². The van der Waals surface area contributed by atoms with Crippen LogP contribution in [-0.2, 0) is 9.59 Å². The Labute approximate surface area is 365 Å². The van der Waals surface area contributed by atoms with Crippen LogP contribution in [0, 0.1) is 21.7 Å². The molecule has 2 aliphatic carbocycles. The molecule has 0 spiro atoms. The van der Waals surface area contributed by atoms with Crippen LogP contribution in [0.2, 0.25) is 0 Å². The van der Waals surface area contributed by atoms with E-state index >= 15 is 0 Å². The molecule has 61 heavy (non-hydrogen) atoms. The summed E-state index contributed by atoms with van der Waals surface area (Å²) in [7, 11) is 0. The minimum absolute atomic E-state index is 0.0530. The fraction of sp³-hybridized carbons (Fsp3) is 0.296. The van der Waals surface area contributed by atoms with Crippen molar-refractivity contribution in [3.05, 3.63) is 165 Å². The highest BCUT2D eigenvalue weighted by Crippen LogP contribution is 2.45. The Morgan fingerprint density at radius 3 is 1.03 bits per heavy atom. The Balaban J connectivity index is 1.48. The Morgan fingerprint density at radius 2 is 0.721 bits per heavy atom. The van der Waals surface area contributed by atoms with Crippen molar-refractivity contribution in [2.24, 2.45) is 42.1 Å². The van der Waals surface area contributed by atoms with Gasteiger partial charge in [0.05, 0.1) is 21.1 Å². The van der Waals surface area contributed by atoms with Crippen LogP contribution in [-0.4, -0.2) is 11.6 Å². The smallest absolute Gasteiger partial charge is 0.186 e. The molecule has 0 radical (unpaired) electrons. The third kappa shape index (κ3) is 9.38. The minimum atomic E-state index is -0.415. The number of ketones is 2. The van der Waals surface area contributed by atoms with E-state index in [1.165, 1.54) is 11.3 Å². The van der Waals surface area contributed by atoms with Gasteiger partial charge in [0.15, 0.2) is 11.6 Å². The molecule has 7 heteroatoms. The molecule has 1 aromatic heterocycles. The predicted molar refractivity (Wildman–Crippen MR) is 255 cm³/mol. The summed E-state index contributed by atoms with van der Waals surface area (Å²) >= 11 is 1.54. The van der Waals surface area contributed by atoms with Gasteiger partial charge >= 0.3 is 0 Å². The quantitative estimate of drug-likeness (QED) is 0.160. The van der Waals surface area contributed by atoms with E-state index in [1.807, 2.05) is 72.8 Å². The number of nitrogens with zero attached hydrogens (tertiary/aromatic N) is 4. The van der Waals surface area contributed by atoms with Crippen molar-refractivity contribution in [2.45, 2.75) is 83.1 Å². The Hall–Kier alpha value is -5.92. The SMILES string of the molecule is CC(C)(C)C1=CC(=C(N=Nc2ccc3ccccc3c2)c2ccc(C(N=Nc3ccc4ccccc4c3)=C3C=C(C(C)(C)C)C(=O)C(C(C)(C)C)=C3)s2)C=C(C(C)(C)C)C1=O. The van der Waals surface area contributed by atoms with Crippen LogP contribution in [0.3, 0.4) is 0 Å². The molecule has 0 bridgehead atoms. The second kappa shape index (κ2) is 16.2. The fourth-order valence-corrected chi connectivity index (χ4v) is 8.56. The Kier molecular flexibility index (Phi) is 11.4. The Morgan fingerprint density at radius 1 is 0.410 bits per heavy atom. The summed E-state index contributed by atoms with van der Waals surface area (Å²) in [5.41, 5.74) is 5.60. The number of fused-ring (bicyclic) bond motifs is 2. The molecule has 0 saturated heterocycles. The third-order valence-electron chi connectivity index (χ3n) is 11.0. The monoisotopic (exact) mass is 824 g/mol. The number of carbonyl (C=O) groups is 2. The molecule has 0 saturated carbocycles. The van der Waals surface area contributed by atoms with E-state index in [1.54, 1.807) is 0 Å². The highest BCUT2D eigenvalue weighted by atomic mass is 32.1. The van der Waals surface area contributed by atoms with Crippen molar-refractivity contribution in [3.8, 4) is 0 Å². The van der Waals surface area contributed by atoms with Gasteiger partial charge in [-0.1, -0.05) is 144 Å². The first-order valence-electron chi connectivity index (χ1n) is 21.0. The van der Waals surface area contributed by atoms with E-state index in [0.29, 0.717) is 11.4 Å². The van der Waals surface area contributed by atoms with Crippen molar-refractivity contribution in [1.82, 2.24) is 0 Å². The molecular weight excluding hydrogens is 769 g/mol. The molecule has 0 aliphatic heterocycles. The summed E-state index contributed by atoms with van der Waals surface area (Å²) in [6, 6.07) is 32.6. The molecule has 1 heterocycles.